The van der Waals surface area contributed by atoms with Crippen LogP contribution in [0, 0.1) is 23.2 Å². The van der Waals surface area contributed by atoms with Crippen molar-refractivity contribution >= 4 is 57.0 Å². The van der Waals surface area contributed by atoms with E-state index in [1.807, 2.05) is 0 Å². The number of hydrogen-bond donors (Lipinski definition) is 0. The number of aryl methyl sites for hydroxylation is 1. The highest BCUT2D eigenvalue weighted by molar-refractivity contribution is 6.99. The molecule has 0 radical (unpaired) electrons. The average molecular weight is 723 g/mol. The summed E-state index contributed by atoms with van der Waals surface area (Å²) in [4.78, 5) is 5.14. The molecule has 0 unspecified atom stereocenters. The minimum absolute atomic E-state index is 0.00110. The molecule has 3 heterocycles. The van der Waals surface area contributed by atoms with Crippen molar-refractivity contribution in [2.24, 2.45) is 16.2 Å². The molecule has 6 rings (SSSR count). The first-order chi connectivity index (χ1) is 24.8. The third-order valence-electron chi connectivity index (χ3n) is 10.7. The highest BCUT2D eigenvalue weighted by atomic mass is 16.3. The van der Waals surface area contributed by atoms with E-state index in [0.29, 0.717) is 0 Å². The van der Waals surface area contributed by atoms with Gasteiger partial charge in [-0.15, -0.1) is 0 Å². The van der Waals surface area contributed by atoms with Crippen LogP contribution >= 0.6 is 0 Å². The normalized spacial score (nSPS) is 15.5. The Bertz CT molecular complexity index is 2140. The quantitative estimate of drug-likeness (QED) is 0.112. The first-order valence-electron chi connectivity index (χ1n) is 20.3. The van der Waals surface area contributed by atoms with Gasteiger partial charge in [-0.05, 0) is 111 Å². The van der Waals surface area contributed by atoms with Gasteiger partial charge in [0, 0.05) is 34.7 Å². The van der Waals surface area contributed by atoms with E-state index in [1.54, 1.807) is 0 Å². The Balaban J connectivity index is 1.73. The first-order valence-corrected chi connectivity index (χ1v) is 20.3. The molecule has 0 atom stereocenters. The highest BCUT2D eigenvalue weighted by Crippen LogP contribution is 2.45. The van der Waals surface area contributed by atoms with Crippen molar-refractivity contribution in [1.29, 1.82) is 0 Å². The van der Waals surface area contributed by atoms with Gasteiger partial charge in [-0.2, -0.15) is 0 Å². The van der Waals surface area contributed by atoms with Gasteiger partial charge in [-0.25, -0.2) is 0 Å². The molecule has 0 saturated heterocycles. The predicted octanol–water partition coefficient (Wildman–Crippen LogP) is 12.7. The third kappa shape index (κ3) is 8.19. The maximum absolute atomic E-state index is 7.21. The number of nitrogens with zero attached hydrogens (tertiary/aromatic N) is 2. The van der Waals surface area contributed by atoms with E-state index in [2.05, 4.69) is 199 Å². The van der Waals surface area contributed by atoms with E-state index in [9.17, 15) is 0 Å². The highest BCUT2D eigenvalue weighted by Gasteiger charge is 2.47. The van der Waals surface area contributed by atoms with Gasteiger partial charge in [-0.3, -0.25) is 0 Å². The predicted molar refractivity (Wildman–Crippen MR) is 239 cm³/mol. The van der Waals surface area contributed by atoms with Crippen LogP contribution in [-0.4, -0.2) is 13.3 Å². The van der Waals surface area contributed by atoms with Crippen LogP contribution in [0.4, 0.5) is 22.7 Å². The topological polar surface area (TPSA) is 19.6 Å². The Morgan fingerprint density at radius 2 is 1.30 bits per heavy atom. The van der Waals surface area contributed by atoms with Crippen molar-refractivity contribution in [3.8, 4) is 0 Å². The molecule has 3 nitrogen and oxygen atoms in total. The fourth-order valence-corrected chi connectivity index (χ4v) is 7.78. The van der Waals surface area contributed by atoms with Gasteiger partial charge in [0.05, 0.1) is 11.3 Å². The van der Waals surface area contributed by atoms with Gasteiger partial charge in [0.25, 0.3) is 6.71 Å². The molecule has 0 spiro atoms. The van der Waals surface area contributed by atoms with Crippen LogP contribution in [0.25, 0.3) is 11.0 Å². The summed E-state index contributed by atoms with van der Waals surface area (Å²) in [7, 11) is 0. The number of fused-ring (bicyclic) bond motifs is 6. The molecule has 1 aromatic heterocycles. The molecule has 3 aromatic carbocycles. The smallest absolute Gasteiger partial charge is 0.297 e. The van der Waals surface area contributed by atoms with Crippen LogP contribution in [0.3, 0.4) is 0 Å². The summed E-state index contributed by atoms with van der Waals surface area (Å²) in [6.07, 6.45) is 13.9. The Morgan fingerprint density at radius 3 is 1.91 bits per heavy atom. The third-order valence-corrected chi connectivity index (χ3v) is 10.7. The second-order valence-corrected chi connectivity index (χ2v) is 21.7. The SMILES string of the molecule is Cc1cc2c3c(c1)N(C(/C=C\CC(C)(C)C)=C/CC(C)(C)C)c1c(oc4ccc(C(C)(C)C)cc14)B3c1ccc(C(C)(C)C)cc1N2C/C=C/C(C)(C)C. The summed E-state index contributed by atoms with van der Waals surface area (Å²) in [6.45, 7) is 37.7. The fourth-order valence-electron chi connectivity index (χ4n) is 7.78. The Labute approximate surface area is 328 Å². The molecule has 0 N–H and O–H groups in total. The number of hydrogen-bond acceptors (Lipinski definition) is 3. The second-order valence-electron chi connectivity index (χ2n) is 21.7. The van der Waals surface area contributed by atoms with Crippen LogP contribution < -0.4 is 26.4 Å². The summed E-state index contributed by atoms with van der Waals surface area (Å²) in [6, 6.07) is 19.0. The first kappa shape index (κ1) is 39.8. The lowest BCUT2D eigenvalue weighted by atomic mass is 9.35. The molecular weight excluding hydrogens is 655 g/mol. The molecule has 4 heteroatoms. The van der Waals surface area contributed by atoms with Crippen molar-refractivity contribution in [3.63, 3.8) is 0 Å². The van der Waals surface area contributed by atoms with Crippen molar-refractivity contribution in [2.45, 2.75) is 134 Å². The summed E-state index contributed by atoms with van der Waals surface area (Å²) >= 11 is 0. The molecular formula is C50H67BN2O. The molecule has 54 heavy (non-hydrogen) atoms. The molecule has 286 valence electrons. The van der Waals surface area contributed by atoms with Crippen molar-refractivity contribution < 1.29 is 4.42 Å². The van der Waals surface area contributed by atoms with E-state index in [1.165, 1.54) is 61.4 Å². The summed E-state index contributed by atoms with van der Waals surface area (Å²) < 4.78 is 7.21. The van der Waals surface area contributed by atoms with Gasteiger partial charge in [-0.1, -0.05) is 146 Å². The molecule has 0 aliphatic carbocycles. The number of rotatable bonds is 6. The van der Waals surface area contributed by atoms with Gasteiger partial charge in [0.2, 0.25) is 0 Å². The van der Waals surface area contributed by atoms with Crippen LogP contribution in [0.15, 0.2) is 89.0 Å². The molecule has 2 aliphatic rings. The van der Waals surface area contributed by atoms with Gasteiger partial charge in [0.1, 0.15) is 5.58 Å². The maximum Gasteiger partial charge on any atom is 0.297 e. The van der Waals surface area contributed by atoms with E-state index >= 15 is 0 Å². The molecule has 0 amide bonds. The molecule has 0 saturated carbocycles. The van der Waals surface area contributed by atoms with Crippen molar-refractivity contribution in [2.75, 3.05) is 16.3 Å². The van der Waals surface area contributed by atoms with Crippen LogP contribution in [-0.2, 0) is 10.8 Å². The lowest BCUT2D eigenvalue weighted by Crippen LogP contribution is -2.61. The average Bonchev–Trinajstić information content (AvgIpc) is 3.39. The van der Waals surface area contributed by atoms with E-state index in [-0.39, 0.29) is 33.8 Å². The molecule has 0 bridgehead atoms. The largest absolute Gasteiger partial charge is 0.468 e. The maximum atomic E-state index is 7.21. The zero-order valence-electron chi connectivity index (χ0n) is 36.5. The van der Waals surface area contributed by atoms with Crippen molar-refractivity contribution in [1.82, 2.24) is 0 Å². The minimum atomic E-state index is -0.0402. The lowest BCUT2D eigenvalue weighted by Gasteiger charge is -2.43. The molecule has 4 aromatic rings. The zero-order valence-corrected chi connectivity index (χ0v) is 36.5. The second kappa shape index (κ2) is 13.7. The zero-order chi connectivity index (χ0) is 39.8. The number of anilines is 4. The van der Waals surface area contributed by atoms with E-state index < -0.39 is 0 Å². The van der Waals surface area contributed by atoms with Gasteiger partial charge in [0.15, 0.2) is 0 Å². The van der Waals surface area contributed by atoms with Gasteiger partial charge >= 0.3 is 0 Å². The Hall–Kier alpha value is -3.92. The van der Waals surface area contributed by atoms with E-state index in [4.69, 9.17) is 4.42 Å². The van der Waals surface area contributed by atoms with Crippen LogP contribution in [0.1, 0.15) is 133 Å². The van der Waals surface area contributed by atoms with Gasteiger partial charge < -0.3 is 14.2 Å². The molecule has 2 aliphatic heterocycles. The number of benzene rings is 3. The van der Waals surface area contributed by atoms with Crippen LogP contribution in [0.2, 0.25) is 0 Å². The lowest BCUT2D eigenvalue weighted by molar-refractivity contribution is 0.418. The summed E-state index contributed by atoms with van der Waals surface area (Å²) in [5.41, 5.74) is 15.2. The monoisotopic (exact) mass is 723 g/mol. The summed E-state index contributed by atoms with van der Waals surface area (Å²) in [5.74, 6) is 0. The number of furan rings is 1. The number of allylic oxidation sites excluding steroid dienone is 4. The molecule has 0 fully saturated rings. The standard InChI is InChI=1S/C50H67BN2O/c1-33-29-40-43-41(30-33)53(36(24-27-48(8,9)10)19-17-25-46(2,3)4)44-37-31-34(49(11,12)13)21-23-42(37)54-45(44)51(43)38-22-20-35(50(14,15)16)32-39(38)52(40)28-18-26-47(5,6)7/h17-24,26,29-32H,25,27-28H2,1-16H3/b19-17-,26-18+,36-24+. The fraction of sp³-hybridized carbons (Fsp3) is 0.480. The summed E-state index contributed by atoms with van der Waals surface area (Å²) in [5, 5.41) is 1.18. The minimum Gasteiger partial charge on any atom is -0.468 e. The van der Waals surface area contributed by atoms with Crippen LogP contribution in [0.5, 0.6) is 0 Å². The van der Waals surface area contributed by atoms with Crippen molar-refractivity contribution in [3.05, 3.63) is 101 Å². The Kier molecular flexibility index (Phi) is 10.1. The Morgan fingerprint density at radius 1 is 0.685 bits per heavy atom. The van der Waals surface area contributed by atoms with E-state index in [0.717, 1.165) is 30.6 Å².